The molecular formula is C16H29N3O2. The Balaban J connectivity index is 1.89. The summed E-state index contributed by atoms with van der Waals surface area (Å²) in [7, 11) is 0. The summed E-state index contributed by atoms with van der Waals surface area (Å²) in [4.78, 5) is 28.7. The number of hydrogen-bond donors (Lipinski definition) is 1. The standard InChI is InChI=1S/C16H29N3O2/c1-4-16(5-6-17-12-16)15(21)19-9-7-18(8-10-19)14(20)11-13(2)3/h13,17H,4-12H2,1-3H3. The number of carbonyl (C=O) groups excluding carboxylic acids is 2. The molecule has 21 heavy (non-hydrogen) atoms. The zero-order chi connectivity index (χ0) is 15.5. The van der Waals surface area contributed by atoms with Crippen LogP contribution in [0.5, 0.6) is 0 Å². The molecule has 0 radical (unpaired) electrons. The summed E-state index contributed by atoms with van der Waals surface area (Å²) < 4.78 is 0. The maximum Gasteiger partial charge on any atom is 0.230 e. The van der Waals surface area contributed by atoms with Crippen LogP contribution in [0.15, 0.2) is 0 Å². The fourth-order valence-corrected chi connectivity index (χ4v) is 3.35. The minimum atomic E-state index is -0.204. The maximum absolute atomic E-state index is 12.8. The largest absolute Gasteiger partial charge is 0.339 e. The third-order valence-electron chi connectivity index (χ3n) is 4.88. The van der Waals surface area contributed by atoms with E-state index in [0.717, 1.165) is 25.9 Å². The number of amides is 2. The van der Waals surface area contributed by atoms with E-state index in [-0.39, 0.29) is 17.2 Å². The highest BCUT2D eigenvalue weighted by Crippen LogP contribution is 2.32. The van der Waals surface area contributed by atoms with E-state index in [9.17, 15) is 9.59 Å². The van der Waals surface area contributed by atoms with Gasteiger partial charge in [-0.2, -0.15) is 0 Å². The van der Waals surface area contributed by atoms with Gasteiger partial charge in [-0.3, -0.25) is 9.59 Å². The van der Waals surface area contributed by atoms with Gasteiger partial charge < -0.3 is 15.1 Å². The van der Waals surface area contributed by atoms with Gasteiger partial charge >= 0.3 is 0 Å². The van der Waals surface area contributed by atoms with Crippen molar-refractivity contribution >= 4 is 11.8 Å². The van der Waals surface area contributed by atoms with Gasteiger partial charge in [-0.05, 0) is 25.3 Å². The highest BCUT2D eigenvalue weighted by atomic mass is 16.2. The lowest BCUT2D eigenvalue weighted by Gasteiger charge is -2.39. The molecule has 0 aromatic rings. The van der Waals surface area contributed by atoms with Crippen molar-refractivity contribution in [3.63, 3.8) is 0 Å². The molecule has 1 N–H and O–H groups in total. The van der Waals surface area contributed by atoms with Gasteiger partial charge in [-0.25, -0.2) is 0 Å². The van der Waals surface area contributed by atoms with Crippen molar-refractivity contribution in [1.29, 1.82) is 0 Å². The van der Waals surface area contributed by atoms with E-state index in [4.69, 9.17) is 0 Å². The van der Waals surface area contributed by atoms with Crippen molar-refractivity contribution < 1.29 is 9.59 Å². The zero-order valence-corrected chi connectivity index (χ0v) is 13.7. The Bertz CT molecular complexity index is 381. The van der Waals surface area contributed by atoms with Gasteiger partial charge in [0.15, 0.2) is 0 Å². The summed E-state index contributed by atoms with van der Waals surface area (Å²) in [6.45, 7) is 10.7. The van der Waals surface area contributed by atoms with E-state index in [0.29, 0.717) is 38.5 Å². The van der Waals surface area contributed by atoms with Crippen molar-refractivity contribution in [3.8, 4) is 0 Å². The molecule has 2 aliphatic rings. The van der Waals surface area contributed by atoms with Crippen molar-refractivity contribution in [2.24, 2.45) is 11.3 Å². The average Bonchev–Trinajstić information content (AvgIpc) is 2.96. The normalized spacial score (nSPS) is 26.5. The predicted octanol–water partition coefficient (Wildman–Crippen LogP) is 1.09. The van der Waals surface area contributed by atoms with Crippen LogP contribution in [0.4, 0.5) is 0 Å². The van der Waals surface area contributed by atoms with Gasteiger partial charge in [0.2, 0.25) is 11.8 Å². The lowest BCUT2D eigenvalue weighted by atomic mass is 9.82. The minimum Gasteiger partial charge on any atom is -0.339 e. The van der Waals surface area contributed by atoms with Crippen molar-refractivity contribution in [1.82, 2.24) is 15.1 Å². The smallest absolute Gasteiger partial charge is 0.230 e. The highest BCUT2D eigenvalue weighted by Gasteiger charge is 2.42. The number of hydrogen-bond acceptors (Lipinski definition) is 3. The molecule has 2 fully saturated rings. The molecule has 0 saturated carbocycles. The lowest BCUT2D eigenvalue weighted by molar-refractivity contribution is -0.146. The summed E-state index contributed by atoms with van der Waals surface area (Å²) in [5, 5.41) is 3.32. The van der Waals surface area contributed by atoms with Crippen LogP contribution in [0.3, 0.4) is 0 Å². The third kappa shape index (κ3) is 3.57. The first-order valence-electron chi connectivity index (χ1n) is 8.26. The molecule has 2 aliphatic heterocycles. The second-order valence-corrected chi connectivity index (χ2v) is 6.83. The van der Waals surface area contributed by atoms with Gasteiger partial charge in [-0.1, -0.05) is 20.8 Å². The second-order valence-electron chi connectivity index (χ2n) is 6.83. The van der Waals surface area contributed by atoms with E-state index < -0.39 is 0 Å². The Kier molecular flexibility index (Phi) is 5.25. The van der Waals surface area contributed by atoms with E-state index >= 15 is 0 Å². The summed E-state index contributed by atoms with van der Waals surface area (Å²) in [5.74, 6) is 0.904. The number of nitrogens with one attached hydrogen (secondary N) is 1. The predicted molar refractivity (Wildman–Crippen MR) is 82.8 cm³/mol. The van der Waals surface area contributed by atoms with Crippen LogP contribution in [-0.4, -0.2) is 60.9 Å². The Labute approximate surface area is 128 Å². The first-order valence-corrected chi connectivity index (χ1v) is 8.26. The third-order valence-corrected chi connectivity index (χ3v) is 4.88. The number of carbonyl (C=O) groups is 2. The molecule has 0 bridgehead atoms. The molecule has 2 heterocycles. The van der Waals surface area contributed by atoms with E-state index in [1.165, 1.54) is 0 Å². The molecular weight excluding hydrogens is 266 g/mol. The fraction of sp³-hybridized carbons (Fsp3) is 0.875. The number of piperazine rings is 1. The molecule has 2 rings (SSSR count). The highest BCUT2D eigenvalue weighted by molar-refractivity contribution is 5.84. The quantitative estimate of drug-likeness (QED) is 0.845. The van der Waals surface area contributed by atoms with Crippen LogP contribution in [0.2, 0.25) is 0 Å². The molecule has 0 aliphatic carbocycles. The van der Waals surface area contributed by atoms with Crippen LogP contribution in [0.25, 0.3) is 0 Å². The van der Waals surface area contributed by atoms with Crippen molar-refractivity contribution in [3.05, 3.63) is 0 Å². The molecule has 1 unspecified atom stereocenters. The number of nitrogens with zero attached hydrogens (tertiary/aromatic N) is 2. The van der Waals surface area contributed by atoms with Crippen molar-refractivity contribution in [2.45, 2.75) is 40.0 Å². The summed E-state index contributed by atoms with van der Waals surface area (Å²) in [5.41, 5.74) is -0.204. The van der Waals surface area contributed by atoms with Crippen LogP contribution < -0.4 is 5.32 Å². The Morgan fingerprint density at radius 3 is 2.24 bits per heavy atom. The average molecular weight is 295 g/mol. The molecule has 1 atom stereocenters. The molecule has 0 spiro atoms. The van der Waals surface area contributed by atoms with Gasteiger partial charge in [0.25, 0.3) is 0 Å². The SMILES string of the molecule is CCC1(C(=O)N2CCN(C(=O)CC(C)C)CC2)CCNC1. The monoisotopic (exact) mass is 295 g/mol. The fourth-order valence-electron chi connectivity index (χ4n) is 3.35. The molecule has 2 saturated heterocycles. The Morgan fingerprint density at radius 2 is 1.76 bits per heavy atom. The van der Waals surface area contributed by atoms with E-state index in [1.807, 2.05) is 9.80 Å². The first kappa shape index (κ1) is 16.3. The van der Waals surface area contributed by atoms with Crippen LogP contribution in [0.1, 0.15) is 40.0 Å². The van der Waals surface area contributed by atoms with Gasteiger partial charge in [-0.15, -0.1) is 0 Å². The Hall–Kier alpha value is -1.10. The molecule has 0 aromatic heterocycles. The van der Waals surface area contributed by atoms with Crippen LogP contribution >= 0.6 is 0 Å². The first-order chi connectivity index (χ1) is 9.98. The zero-order valence-electron chi connectivity index (χ0n) is 13.7. The van der Waals surface area contributed by atoms with E-state index in [2.05, 4.69) is 26.1 Å². The summed E-state index contributed by atoms with van der Waals surface area (Å²) in [6.07, 6.45) is 2.44. The summed E-state index contributed by atoms with van der Waals surface area (Å²) >= 11 is 0. The van der Waals surface area contributed by atoms with Crippen molar-refractivity contribution in [2.75, 3.05) is 39.3 Å². The van der Waals surface area contributed by atoms with Crippen LogP contribution in [-0.2, 0) is 9.59 Å². The molecule has 5 nitrogen and oxygen atoms in total. The van der Waals surface area contributed by atoms with Gasteiger partial charge in [0.1, 0.15) is 0 Å². The molecule has 2 amide bonds. The van der Waals surface area contributed by atoms with Gasteiger partial charge in [0.05, 0.1) is 5.41 Å². The topological polar surface area (TPSA) is 52.7 Å². The lowest BCUT2D eigenvalue weighted by Crippen LogP contribution is -2.54. The van der Waals surface area contributed by atoms with Crippen LogP contribution in [0, 0.1) is 11.3 Å². The minimum absolute atomic E-state index is 0.204. The number of rotatable bonds is 4. The molecule has 120 valence electrons. The summed E-state index contributed by atoms with van der Waals surface area (Å²) in [6, 6.07) is 0. The second kappa shape index (κ2) is 6.77. The van der Waals surface area contributed by atoms with E-state index in [1.54, 1.807) is 0 Å². The molecule has 0 aromatic carbocycles. The van der Waals surface area contributed by atoms with Gasteiger partial charge in [0, 0.05) is 39.1 Å². The molecule has 5 heteroatoms. The Morgan fingerprint density at radius 1 is 1.14 bits per heavy atom. The maximum atomic E-state index is 12.8.